The standard InChI is InChI=1S/C16H26N4O3/c1-4-8-20-13(5-7-18-20)16(22)19-9-6-14(23-3)12(11-19)10-15(21)17-2/h5,7,12,14H,4,6,8-11H2,1-3H3,(H,17,21)/t12-,14-/m1/s1. The zero-order valence-corrected chi connectivity index (χ0v) is 14.1. The van der Waals surface area contributed by atoms with Gasteiger partial charge in [-0.25, -0.2) is 0 Å². The van der Waals surface area contributed by atoms with E-state index in [4.69, 9.17) is 4.74 Å². The minimum absolute atomic E-state index is 0.0110. The SMILES string of the molecule is CCCn1nccc1C(=O)N1CC[C@@H](OC)[C@H](CC(=O)NC)C1. The number of hydrogen-bond acceptors (Lipinski definition) is 4. The Bertz CT molecular complexity index is 543. The summed E-state index contributed by atoms with van der Waals surface area (Å²) in [6, 6.07) is 1.76. The summed E-state index contributed by atoms with van der Waals surface area (Å²) in [5, 5.41) is 6.86. The van der Waals surface area contributed by atoms with Crippen molar-refractivity contribution in [3.63, 3.8) is 0 Å². The smallest absolute Gasteiger partial charge is 0.272 e. The van der Waals surface area contributed by atoms with Gasteiger partial charge in [0.15, 0.2) is 0 Å². The molecule has 1 aromatic heterocycles. The molecule has 0 spiro atoms. The van der Waals surface area contributed by atoms with Crippen LogP contribution in [0.1, 0.15) is 36.7 Å². The zero-order chi connectivity index (χ0) is 16.8. The zero-order valence-electron chi connectivity index (χ0n) is 14.1. The average Bonchev–Trinajstić information content (AvgIpc) is 3.02. The molecule has 1 aromatic rings. The Morgan fingerprint density at radius 2 is 2.26 bits per heavy atom. The second-order valence-electron chi connectivity index (χ2n) is 5.89. The summed E-state index contributed by atoms with van der Waals surface area (Å²) < 4.78 is 7.24. The number of methoxy groups -OCH3 is 1. The fourth-order valence-electron chi connectivity index (χ4n) is 3.11. The molecule has 0 bridgehead atoms. The largest absolute Gasteiger partial charge is 0.381 e. The Hall–Kier alpha value is -1.89. The quantitative estimate of drug-likeness (QED) is 0.844. The number of piperidine rings is 1. The number of carbonyl (C=O) groups is 2. The summed E-state index contributed by atoms with van der Waals surface area (Å²) in [7, 11) is 3.29. The van der Waals surface area contributed by atoms with Gasteiger partial charge in [0.1, 0.15) is 5.69 Å². The van der Waals surface area contributed by atoms with E-state index < -0.39 is 0 Å². The van der Waals surface area contributed by atoms with Crippen LogP contribution in [-0.2, 0) is 16.1 Å². The number of aromatic nitrogens is 2. The predicted molar refractivity (Wildman–Crippen MR) is 86.0 cm³/mol. The lowest BCUT2D eigenvalue weighted by Crippen LogP contribution is -2.48. The van der Waals surface area contributed by atoms with Gasteiger partial charge in [0.05, 0.1) is 6.10 Å². The van der Waals surface area contributed by atoms with Gasteiger partial charge in [-0.15, -0.1) is 0 Å². The lowest BCUT2D eigenvalue weighted by molar-refractivity contribution is -0.123. The molecule has 0 aromatic carbocycles. The Kier molecular flexibility index (Phi) is 6.15. The molecule has 7 nitrogen and oxygen atoms in total. The summed E-state index contributed by atoms with van der Waals surface area (Å²) in [4.78, 5) is 26.3. The van der Waals surface area contributed by atoms with E-state index >= 15 is 0 Å². The Balaban J connectivity index is 2.09. The lowest BCUT2D eigenvalue weighted by atomic mass is 9.91. The van der Waals surface area contributed by atoms with Crippen molar-refractivity contribution in [2.24, 2.45) is 5.92 Å². The van der Waals surface area contributed by atoms with Gasteiger partial charge >= 0.3 is 0 Å². The first-order chi connectivity index (χ1) is 11.1. The molecule has 23 heavy (non-hydrogen) atoms. The number of amides is 2. The van der Waals surface area contributed by atoms with Crippen molar-refractivity contribution in [1.82, 2.24) is 20.0 Å². The van der Waals surface area contributed by atoms with Crippen LogP contribution in [0.5, 0.6) is 0 Å². The maximum Gasteiger partial charge on any atom is 0.272 e. The third kappa shape index (κ3) is 4.10. The lowest BCUT2D eigenvalue weighted by Gasteiger charge is -2.37. The molecule has 2 heterocycles. The summed E-state index contributed by atoms with van der Waals surface area (Å²) in [5.41, 5.74) is 0.612. The summed E-state index contributed by atoms with van der Waals surface area (Å²) in [5.74, 6) is -0.0324. The van der Waals surface area contributed by atoms with Gasteiger partial charge in [-0.3, -0.25) is 14.3 Å². The van der Waals surface area contributed by atoms with Crippen molar-refractivity contribution >= 4 is 11.8 Å². The van der Waals surface area contributed by atoms with Crippen molar-refractivity contribution in [3.8, 4) is 0 Å². The van der Waals surface area contributed by atoms with E-state index in [0.29, 0.717) is 25.2 Å². The minimum atomic E-state index is -0.0256. The summed E-state index contributed by atoms with van der Waals surface area (Å²) >= 11 is 0. The van der Waals surface area contributed by atoms with E-state index in [-0.39, 0.29) is 23.8 Å². The molecule has 2 rings (SSSR count). The van der Waals surface area contributed by atoms with E-state index in [9.17, 15) is 9.59 Å². The van der Waals surface area contributed by atoms with E-state index in [1.807, 2.05) is 4.90 Å². The number of nitrogens with one attached hydrogen (secondary N) is 1. The fourth-order valence-corrected chi connectivity index (χ4v) is 3.11. The average molecular weight is 322 g/mol. The number of aryl methyl sites for hydroxylation is 1. The third-order valence-corrected chi connectivity index (χ3v) is 4.35. The Morgan fingerprint density at radius 1 is 1.48 bits per heavy atom. The Labute approximate surface area is 137 Å². The highest BCUT2D eigenvalue weighted by atomic mass is 16.5. The first-order valence-electron chi connectivity index (χ1n) is 8.15. The first-order valence-corrected chi connectivity index (χ1v) is 8.15. The van der Waals surface area contributed by atoms with Gasteiger partial charge in [-0.05, 0) is 18.9 Å². The van der Waals surface area contributed by atoms with E-state index in [1.165, 1.54) is 0 Å². The van der Waals surface area contributed by atoms with Crippen molar-refractivity contribution in [2.75, 3.05) is 27.2 Å². The molecular formula is C16H26N4O3. The van der Waals surface area contributed by atoms with Gasteiger partial charge in [0.2, 0.25) is 5.91 Å². The van der Waals surface area contributed by atoms with Gasteiger partial charge in [-0.1, -0.05) is 6.92 Å². The number of nitrogens with zero attached hydrogens (tertiary/aromatic N) is 3. The van der Waals surface area contributed by atoms with Gasteiger partial charge < -0.3 is 15.0 Å². The van der Waals surface area contributed by atoms with Gasteiger partial charge in [0.25, 0.3) is 5.91 Å². The molecule has 2 atom stereocenters. The minimum Gasteiger partial charge on any atom is -0.381 e. The molecule has 1 N–H and O–H groups in total. The molecule has 2 amide bonds. The van der Waals surface area contributed by atoms with Crippen LogP contribution in [0.2, 0.25) is 0 Å². The predicted octanol–water partition coefficient (Wildman–Crippen LogP) is 0.906. The molecule has 0 aliphatic carbocycles. The number of likely N-dealkylation sites (tertiary alicyclic amines) is 1. The molecule has 0 radical (unpaired) electrons. The van der Waals surface area contributed by atoms with E-state index in [1.54, 1.807) is 31.1 Å². The second-order valence-corrected chi connectivity index (χ2v) is 5.89. The molecule has 0 unspecified atom stereocenters. The molecule has 1 aliphatic rings. The molecule has 1 saturated heterocycles. The maximum atomic E-state index is 12.8. The molecule has 1 aliphatic heterocycles. The Morgan fingerprint density at radius 3 is 2.91 bits per heavy atom. The molecular weight excluding hydrogens is 296 g/mol. The van der Waals surface area contributed by atoms with Crippen LogP contribution in [0.3, 0.4) is 0 Å². The van der Waals surface area contributed by atoms with E-state index in [2.05, 4.69) is 17.3 Å². The van der Waals surface area contributed by atoms with Crippen LogP contribution in [0.15, 0.2) is 12.3 Å². The number of carbonyl (C=O) groups excluding carboxylic acids is 2. The van der Waals surface area contributed by atoms with Crippen LogP contribution in [-0.4, -0.2) is 59.8 Å². The monoisotopic (exact) mass is 322 g/mol. The number of rotatable bonds is 6. The third-order valence-electron chi connectivity index (χ3n) is 4.35. The first kappa shape index (κ1) is 17.5. The highest BCUT2D eigenvalue weighted by molar-refractivity contribution is 5.92. The molecule has 0 saturated carbocycles. The number of hydrogen-bond donors (Lipinski definition) is 1. The highest BCUT2D eigenvalue weighted by Gasteiger charge is 2.33. The van der Waals surface area contributed by atoms with Crippen LogP contribution in [0.4, 0.5) is 0 Å². The van der Waals surface area contributed by atoms with Crippen LogP contribution < -0.4 is 5.32 Å². The van der Waals surface area contributed by atoms with Crippen LogP contribution >= 0.6 is 0 Å². The molecule has 7 heteroatoms. The topological polar surface area (TPSA) is 76.5 Å². The van der Waals surface area contributed by atoms with Crippen LogP contribution in [0, 0.1) is 5.92 Å². The van der Waals surface area contributed by atoms with Crippen molar-refractivity contribution in [3.05, 3.63) is 18.0 Å². The van der Waals surface area contributed by atoms with Crippen molar-refractivity contribution in [2.45, 2.75) is 38.8 Å². The van der Waals surface area contributed by atoms with Crippen molar-refractivity contribution < 1.29 is 14.3 Å². The molecule has 1 fully saturated rings. The summed E-state index contributed by atoms with van der Waals surface area (Å²) in [6.45, 7) is 3.95. The normalized spacial score (nSPS) is 21.3. The number of ether oxygens (including phenoxy) is 1. The van der Waals surface area contributed by atoms with E-state index in [0.717, 1.165) is 19.4 Å². The van der Waals surface area contributed by atoms with Crippen LogP contribution in [0.25, 0.3) is 0 Å². The summed E-state index contributed by atoms with van der Waals surface area (Å²) in [6.07, 6.45) is 3.70. The van der Waals surface area contributed by atoms with Crippen molar-refractivity contribution in [1.29, 1.82) is 0 Å². The van der Waals surface area contributed by atoms with Gasteiger partial charge in [-0.2, -0.15) is 5.10 Å². The molecule has 128 valence electrons. The second kappa shape index (κ2) is 8.10. The highest BCUT2D eigenvalue weighted by Crippen LogP contribution is 2.24. The maximum absolute atomic E-state index is 12.8. The fraction of sp³-hybridized carbons (Fsp3) is 0.688. The van der Waals surface area contributed by atoms with Gasteiger partial charge in [0, 0.05) is 52.3 Å².